The van der Waals surface area contributed by atoms with E-state index in [4.69, 9.17) is 0 Å². The molecule has 11 nitrogen and oxygen atoms in total. The Morgan fingerprint density at radius 2 is 1.33 bits per heavy atom. The molecule has 0 aliphatic carbocycles. The predicted molar refractivity (Wildman–Crippen MR) is 159 cm³/mol. The Kier molecular flexibility index (Phi) is 13.1. The third-order valence-corrected chi connectivity index (χ3v) is 6.53. The van der Waals surface area contributed by atoms with Crippen molar-refractivity contribution in [2.75, 3.05) is 13.1 Å². The molecule has 0 saturated carbocycles. The molecule has 14 heteroatoms. The molecular weight excluding hydrogens is 609 g/mol. The third kappa shape index (κ3) is 11.9. The summed E-state index contributed by atoms with van der Waals surface area (Å²) in [6, 6.07) is 23.6. The second kappa shape index (κ2) is 17.2. The Hall–Kier alpha value is -5.40. The molecule has 0 spiro atoms. The van der Waals surface area contributed by atoms with Gasteiger partial charge in [-0.1, -0.05) is 84.9 Å². The highest BCUT2D eigenvalue weighted by Crippen LogP contribution is 2.24. The van der Waals surface area contributed by atoms with E-state index in [2.05, 4.69) is 31.0 Å². The largest absolute Gasteiger partial charge is 0.495 e. The zero-order chi connectivity index (χ0) is 33.5. The quantitative estimate of drug-likeness (QED) is 0.122. The van der Waals surface area contributed by atoms with Gasteiger partial charge in [0.25, 0.3) is 0 Å². The second-order valence-corrected chi connectivity index (χ2v) is 10.0. The van der Waals surface area contributed by atoms with Crippen molar-refractivity contribution in [2.24, 2.45) is 0 Å². The minimum atomic E-state index is -5.37. The molecule has 0 radical (unpaired) electrons. The highest BCUT2D eigenvalue weighted by molar-refractivity contribution is 5.85. The maximum Gasteiger partial charge on any atom is 0.495 e. The van der Waals surface area contributed by atoms with Crippen molar-refractivity contribution in [3.8, 4) is 11.1 Å². The Morgan fingerprint density at radius 3 is 1.96 bits per heavy atom. The molecule has 46 heavy (non-hydrogen) atoms. The van der Waals surface area contributed by atoms with Crippen LogP contribution in [0.25, 0.3) is 11.1 Å². The molecule has 4 amide bonds. The fourth-order valence-electron chi connectivity index (χ4n) is 4.16. The number of carbonyl (C=O) groups excluding carboxylic acids is 5. The van der Waals surface area contributed by atoms with Gasteiger partial charge in [-0.3, -0.25) is 9.59 Å². The van der Waals surface area contributed by atoms with Crippen LogP contribution in [-0.2, 0) is 29.0 Å². The summed E-state index contributed by atoms with van der Waals surface area (Å²) in [4.78, 5) is 67.7. The first kappa shape index (κ1) is 35.1. The number of hydrogen-bond donors (Lipinski definition) is 4. The van der Waals surface area contributed by atoms with E-state index in [1.165, 1.54) is 0 Å². The van der Waals surface area contributed by atoms with Crippen molar-refractivity contribution in [1.82, 2.24) is 21.3 Å². The normalized spacial score (nSPS) is 12.2. The number of rotatable bonds is 13. The molecule has 0 saturated heterocycles. The van der Waals surface area contributed by atoms with Crippen LogP contribution < -0.4 is 21.3 Å². The molecule has 3 aromatic rings. The minimum Gasteiger partial charge on any atom is -0.347 e. The summed E-state index contributed by atoms with van der Waals surface area (Å²) in [5.74, 6) is -5.25. The van der Waals surface area contributed by atoms with E-state index in [-0.39, 0.29) is 19.0 Å². The van der Waals surface area contributed by atoms with E-state index in [0.717, 1.165) is 16.7 Å². The fourth-order valence-corrected chi connectivity index (χ4v) is 4.16. The summed E-state index contributed by atoms with van der Waals surface area (Å²) in [6.07, 6.45) is -5.77. The van der Waals surface area contributed by atoms with E-state index < -0.39 is 55.0 Å². The van der Waals surface area contributed by atoms with Crippen molar-refractivity contribution in [1.29, 1.82) is 0 Å². The van der Waals surface area contributed by atoms with Crippen molar-refractivity contribution in [2.45, 2.75) is 44.4 Å². The van der Waals surface area contributed by atoms with Gasteiger partial charge in [-0.2, -0.15) is 13.2 Å². The van der Waals surface area contributed by atoms with Crippen molar-refractivity contribution < 1.29 is 46.9 Å². The lowest BCUT2D eigenvalue weighted by atomic mass is 9.99. The van der Waals surface area contributed by atoms with Gasteiger partial charge in [0.05, 0.1) is 25.0 Å². The first-order valence-electron chi connectivity index (χ1n) is 14.2. The number of halogens is 3. The first-order chi connectivity index (χ1) is 21.9. The molecular formula is C32H33F3N4O7. The highest BCUT2D eigenvalue weighted by Gasteiger charge is 2.43. The van der Waals surface area contributed by atoms with Crippen LogP contribution in [0.2, 0.25) is 0 Å². The maximum absolute atomic E-state index is 12.7. The lowest BCUT2D eigenvalue weighted by molar-refractivity contribution is -0.286. The smallest absolute Gasteiger partial charge is 0.347 e. The van der Waals surface area contributed by atoms with Crippen molar-refractivity contribution in [3.63, 3.8) is 0 Å². The zero-order valence-corrected chi connectivity index (χ0v) is 24.8. The third-order valence-electron chi connectivity index (χ3n) is 6.53. The molecule has 0 fully saturated rings. The average molecular weight is 643 g/mol. The Labute approximate surface area is 262 Å². The monoisotopic (exact) mass is 642 g/mol. The fraction of sp³-hybridized carbons (Fsp3) is 0.281. The summed E-state index contributed by atoms with van der Waals surface area (Å²) in [5.41, 5.74) is 3.04. The van der Waals surface area contributed by atoms with Gasteiger partial charge in [0.1, 0.15) is 0 Å². The summed E-state index contributed by atoms with van der Waals surface area (Å²) >= 11 is 0. The van der Waals surface area contributed by atoms with Crippen molar-refractivity contribution >= 4 is 29.8 Å². The molecule has 3 aromatic carbocycles. The molecule has 0 aliphatic heterocycles. The number of hydrogen-bond acceptors (Lipinski definition) is 7. The predicted octanol–water partition coefficient (Wildman–Crippen LogP) is 4.42. The topological polar surface area (TPSA) is 152 Å². The van der Waals surface area contributed by atoms with Crippen LogP contribution in [0.1, 0.15) is 49.4 Å². The average Bonchev–Trinajstić information content (AvgIpc) is 3.04. The van der Waals surface area contributed by atoms with Crippen LogP contribution >= 0.6 is 0 Å². The lowest BCUT2D eigenvalue weighted by Crippen LogP contribution is -2.40. The van der Waals surface area contributed by atoms with E-state index in [9.17, 15) is 37.1 Å². The molecule has 0 heterocycles. The van der Waals surface area contributed by atoms with Gasteiger partial charge < -0.3 is 21.3 Å². The number of nitrogens with one attached hydrogen (secondary N) is 4. The molecule has 0 aromatic heterocycles. The summed E-state index contributed by atoms with van der Waals surface area (Å²) < 4.78 is 37.2. The van der Waals surface area contributed by atoms with Gasteiger partial charge >= 0.3 is 24.1 Å². The number of carbonyl (C=O) groups is 5. The summed E-state index contributed by atoms with van der Waals surface area (Å²) in [7, 11) is 0. The first-order valence-corrected chi connectivity index (χ1v) is 14.2. The SMILES string of the molecule is C[C@@H](NC(=O)NCCCC(=O)NCC(=O)NC(CC(=O)OOC(=O)C(F)(F)F)c1ccc(-c2ccccc2)cc1)c1ccccc1. The molecule has 244 valence electrons. The Balaban J connectivity index is 1.49. The van der Waals surface area contributed by atoms with Crippen LogP contribution in [0, 0.1) is 0 Å². The highest BCUT2D eigenvalue weighted by atomic mass is 19.4. The lowest BCUT2D eigenvalue weighted by Gasteiger charge is -2.19. The summed E-state index contributed by atoms with van der Waals surface area (Å²) in [5, 5.41) is 10.4. The standard InChI is InChI=1S/C32H33F3N4O7/c1-21(22-9-4-2-5-10-22)38-31(44)36-18-8-13-27(40)37-20-28(41)39-26(19-29(42)45-46-30(43)32(33,34)35)25-16-14-24(15-17-25)23-11-6-3-7-12-23/h2-7,9-12,14-17,21,26H,8,13,18-20H2,1H3,(H,37,40)(H,39,41)(H2,36,38,44)/t21-,26?/m1/s1. The van der Waals surface area contributed by atoms with Crippen LogP contribution in [0.4, 0.5) is 18.0 Å². The molecule has 3 rings (SSSR count). The number of alkyl halides is 3. The van der Waals surface area contributed by atoms with E-state index >= 15 is 0 Å². The van der Waals surface area contributed by atoms with Crippen LogP contribution in [0.3, 0.4) is 0 Å². The second-order valence-electron chi connectivity index (χ2n) is 10.0. The van der Waals surface area contributed by atoms with Gasteiger partial charge in [0, 0.05) is 13.0 Å². The van der Waals surface area contributed by atoms with E-state index in [1.54, 1.807) is 24.3 Å². The minimum absolute atomic E-state index is 0.00305. The molecule has 0 bridgehead atoms. The molecule has 1 unspecified atom stereocenters. The molecule has 0 aliphatic rings. The van der Waals surface area contributed by atoms with Crippen LogP contribution in [0.5, 0.6) is 0 Å². The van der Waals surface area contributed by atoms with Gasteiger partial charge in [-0.15, -0.1) is 0 Å². The van der Waals surface area contributed by atoms with Gasteiger partial charge in [-0.05, 0) is 35.6 Å². The van der Waals surface area contributed by atoms with Gasteiger partial charge in [0.2, 0.25) is 11.8 Å². The van der Waals surface area contributed by atoms with E-state index in [0.29, 0.717) is 12.0 Å². The molecule has 4 N–H and O–H groups in total. The van der Waals surface area contributed by atoms with Crippen LogP contribution in [0.15, 0.2) is 84.9 Å². The van der Waals surface area contributed by atoms with Crippen LogP contribution in [-0.4, -0.2) is 49.0 Å². The zero-order valence-electron chi connectivity index (χ0n) is 24.8. The summed E-state index contributed by atoms with van der Waals surface area (Å²) in [6.45, 7) is 1.57. The number of urea groups is 1. The van der Waals surface area contributed by atoms with E-state index in [1.807, 2.05) is 67.6 Å². The molecule has 2 atom stereocenters. The Bertz CT molecular complexity index is 1470. The van der Waals surface area contributed by atoms with Gasteiger partial charge in [0.15, 0.2) is 0 Å². The number of amides is 4. The Morgan fingerprint density at radius 1 is 0.717 bits per heavy atom. The number of benzene rings is 3. The van der Waals surface area contributed by atoms with Crippen molar-refractivity contribution in [3.05, 3.63) is 96.1 Å². The maximum atomic E-state index is 12.7. The van der Waals surface area contributed by atoms with Gasteiger partial charge in [-0.25, -0.2) is 24.2 Å².